The van der Waals surface area contributed by atoms with Gasteiger partial charge in [0.25, 0.3) is 0 Å². The Kier molecular flexibility index (Phi) is 8.19. The van der Waals surface area contributed by atoms with Crippen molar-refractivity contribution in [1.29, 1.82) is 0 Å². The SMILES string of the molecule is CCOc1ccc(OCCOCCOc2c(C)cc(Cl)cc2Cl)cc1. The second kappa shape index (κ2) is 10.4. The lowest BCUT2D eigenvalue weighted by molar-refractivity contribution is 0.0763. The smallest absolute Gasteiger partial charge is 0.141 e. The third-order valence-electron chi connectivity index (χ3n) is 3.30. The molecular weight excluding hydrogens is 363 g/mol. The highest BCUT2D eigenvalue weighted by Crippen LogP contribution is 2.31. The number of hydrogen-bond donors (Lipinski definition) is 0. The molecule has 0 aromatic heterocycles. The Hall–Kier alpha value is -1.62. The third kappa shape index (κ3) is 6.65. The fraction of sp³-hybridized carbons (Fsp3) is 0.368. The number of aryl methyl sites for hydroxylation is 1. The molecule has 4 nitrogen and oxygen atoms in total. The van der Waals surface area contributed by atoms with Crippen molar-refractivity contribution < 1.29 is 18.9 Å². The average molecular weight is 385 g/mol. The molecule has 0 aliphatic heterocycles. The minimum Gasteiger partial charge on any atom is -0.494 e. The molecule has 2 rings (SSSR count). The van der Waals surface area contributed by atoms with Crippen LogP contribution in [0.25, 0.3) is 0 Å². The van der Waals surface area contributed by atoms with Crippen molar-refractivity contribution in [2.45, 2.75) is 13.8 Å². The average Bonchev–Trinajstić information content (AvgIpc) is 2.57. The molecule has 0 aliphatic carbocycles. The molecule has 0 bridgehead atoms. The number of benzene rings is 2. The van der Waals surface area contributed by atoms with Crippen LogP contribution >= 0.6 is 23.2 Å². The van der Waals surface area contributed by atoms with Crippen LogP contribution in [-0.2, 0) is 4.74 Å². The minimum absolute atomic E-state index is 0.408. The summed E-state index contributed by atoms with van der Waals surface area (Å²) < 4.78 is 22.1. The lowest BCUT2D eigenvalue weighted by Gasteiger charge is -2.12. The van der Waals surface area contributed by atoms with E-state index in [1.165, 1.54) is 0 Å². The Bertz CT molecular complexity index is 636. The number of ether oxygens (including phenoxy) is 4. The van der Waals surface area contributed by atoms with Crippen molar-refractivity contribution in [2.24, 2.45) is 0 Å². The van der Waals surface area contributed by atoms with Crippen LogP contribution in [0, 0.1) is 6.92 Å². The Labute approximate surface area is 158 Å². The highest BCUT2D eigenvalue weighted by atomic mass is 35.5. The largest absolute Gasteiger partial charge is 0.494 e. The van der Waals surface area contributed by atoms with E-state index in [1.807, 2.05) is 44.2 Å². The second-order valence-electron chi connectivity index (χ2n) is 5.25. The van der Waals surface area contributed by atoms with Crippen LogP contribution in [0.1, 0.15) is 12.5 Å². The lowest BCUT2D eigenvalue weighted by atomic mass is 10.2. The van der Waals surface area contributed by atoms with Gasteiger partial charge in [-0.3, -0.25) is 0 Å². The molecule has 0 atom stereocenters. The Morgan fingerprint density at radius 3 is 2.00 bits per heavy atom. The Balaban J connectivity index is 1.61. The molecule has 0 saturated heterocycles. The maximum atomic E-state index is 6.12. The van der Waals surface area contributed by atoms with Gasteiger partial charge in [0, 0.05) is 5.02 Å². The first-order valence-electron chi connectivity index (χ1n) is 8.12. The van der Waals surface area contributed by atoms with Gasteiger partial charge < -0.3 is 18.9 Å². The van der Waals surface area contributed by atoms with E-state index in [0.717, 1.165) is 17.1 Å². The second-order valence-corrected chi connectivity index (χ2v) is 6.09. The summed E-state index contributed by atoms with van der Waals surface area (Å²) in [5.74, 6) is 2.26. The summed E-state index contributed by atoms with van der Waals surface area (Å²) in [6, 6.07) is 11.0. The summed E-state index contributed by atoms with van der Waals surface area (Å²) in [7, 11) is 0. The summed E-state index contributed by atoms with van der Waals surface area (Å²) >= 11 is 12.0. The van der Waals surface area contributed by atoms with Crippen LogP contribution in [0.4, 0.5) is 0 Å². The van der Waals surface area contributed by atoms with E-state index in [-0.39, 0.29) is 0 Å². The van der Waals surface area contributed by atoms with Crippen molar-refractivity contribution in [3.05, 3.63) is 52.0 Å². The highest BCUT2D eigenvalue weighted by Gasteiger charge is 2.07. The van der Waals surface area contributed by atoms with Crippen molar-refractivity contribution in [3.63, 3.8) is 0 Å². The fourth-order valence-electron chi connectivity index (χ4n) is 2.19. The quantitative estimate of drug-likeness (QED) is 0.529. The van der Waals surface area contributed by atoms with Gasteiger partial charge in [0.2, 0.25) is 0 Å². The molecular formula is C19H22Cl2O4. The summed E-state index contributed by atoms with van der Waals surface area (Å²) in [4.78, 5) is 0. The van der Waals surface area contributed by atoms with Gasteiger partial charge in [-0.05, 0) is 55.8 Å². The molecule has 0 heterocycles. The Morgan fingerprint density at radius 1 is 0.800 bits per heavy atom. The maximum Gasteiger partial charge on any atom is 0.141 e. The van der Waals surface area contributed by atoms with Crippen LogP contribution < -0.4 is 14.2 Å². The van der Waals surface area contributed by atoms with Gasteiger partial charge in [0.05, 0.1) is 24.8 Å². The summed E-state index contributed by atoms with van der Waals surface area (Å²) in [6.07, 6.45) is 0. The van der Waals surface area contributed by atoms with E-state index in [4.69, 9.17) is 42.1 Å². The van der Waals surface area contributed by atoms with E-state index in [0.29, 0.717) is 48.8 Å². The van der Waals surface area contributed by atoms with Gasteiger partial charge in [-0.25, -0.2) is 0 Å². The fourth-order valence-corrected chi connectivity index (χ4v) is 2.84. The molecule has 0 amide bonds. The number of rotatable bonds is 10. The molecule has 0 spiro atoms. The topological polar surface area (TPSA) is 36.9 Å². The third-order valence-corrected chi connectivity index (χ3v) is 3.80. The standard InChI is InChI=1S/C19H22Cl2O4/c1-3-23-16-4-6-17(7-5-16)24-10-8-22-9-11-25-19-14(2)12-15(20)13-18(19)21/h4-7,12-13H,3,8-11H2,1-2H3. The molecule has 0 N–H and O–H groups in total. The van der Waals surface area contributed by atoms with Crippen molar-refractivity contribution in [1.82, 2.24) is 0 Å². The maximum absolute atomic E-state index is 6.12. The van der Waals surface area contributed by atoms with Crippen LogP contribution in [0.5, 0.6) is 17.2 Å². The van der Waals surface area contributed by atoms with E-state index < -0.39 is 0 Å². The minimum atomic E-state index is 0.408. The van der Waals surface area contributed by atoms with Gasteiger partial charge in [-0.2, -0.15) is 0 Å². The predicted molar refractivity (Wildman–Crippen MR) is 101 cm³/mol. The zero-order valence-corrected chi connectivity index (χ0v) is 15.9. The normalized spacial score (nSPS) is 10.6. The summed E-state index contributed by atoms with van der Waals surface area (Å²) in [6.45, 7) is 6.30. The zero-order valence-electron chi connectivity index (χ0n) is 14.4. The van der Waals surface area contributed by atoms with Crippen LogP contribution in [0.2, 0.25) is 10.0 Å². The number of hydrogen-bond acceptors (Lipinski definition) is 4. The van der Waals surface area contributed by atoms with E-state index >= 15 is 0 Å². The predicted octanol–water partition coefficient (Wildman–Crippen LogP) is 5.17. The van der Waals surface area contributed by atoms with E-state index in [9.17, 15) is 0 Å². The zero-order chi connectivity index (χ0) is 18.1. The van der Waals surface area contributed by atoms with E-state index in [2.05, 4.69) is 0 Å². The monoisotopic (exact) mass is 384 g/mol. The van der Waals surface area contributed by atoms with Gasteiger partial charge in [0.15, 0.2) is 0 Å². The first kappa shape index (κ1) is 19.7. The molecule has 25 heavy (non-hydrogen) atoms. The highest BCUT2D eigenvalue weighted by molar-refractivity contribution is 6.35. The summed E-state index contributed by atoms with van der Waals surface area (Å²) in [5, 5.41) is 1.10. The van der Waals surface area contributed by atoms with Gasteiger partial charge in [0.1, 0.15) is 30.5 Å². The van der Waals surface area contributed by atoms with Crippen molar-refractivity contribution in [2.75, 3.05) is 33.0 Å². The number of halogens is 2. The first-order chi connectivity index (χ1) is 12.1. The molecule has 2 aromatic rings. The van der Waals surface area contributed by atoms with Crippen LogP contribution in [-0.4, -0.2) is 33.0 Å². The van der Waals surface area contributed by atoms with E-state index in [1.54, 1.807) is 6.07 Å². The summed E-state index contributed by atoms with van der Waals surface area (Å²) in [5.41, 5.74) is 0.899. The molecule has 0 aliphatic rings. The molecule has 136 valence electrons. The van der Waals surface area contributed by atoms with Crippen LogP contribution in [0.3, 0.4) is 0 Å². The molecule has 2 aromatic carbocycles. The van der Waals surface area contributed by atoms with Crippen molar-refractivity contribution >= 4 is 23.2 Å². The van der Waals surface area contributed by atoms with Crippen LogP contribution in [0.15, 0.2) is 36.4 Å². The molecule has 0 radical (unpaired) electrons. The Morgan fingerprint density at radius 2 is 1.40 bits per heavy atom. The van der Waals surface area contributed by atoms with Gasteiger partial charge in [-0.1, -0.05) is 23.2 Å². The van der Waals surface area contributed by atoms with Gasteiger partial charge in [-0.15, -0.1) is 0 Å². The molecule has 0 fully saturated rings. The van der Waals surface area contributed by atoms with Crippen molar-refractivity contribution in [3.8, 4) is 17.2 Å². The molecule has 6 heteroatoms. The lowest BCUT2D eigenvalue weighted by Crippen LogP contribution is -2.12. The molecule has 0 unspecified atom stereocenters. The molecule has 0 saturated carbocycles. The first-order valence-corrected chi connectivity index (χ1v) is 8.87. The van der Waals surface area contributed by atoms with Gasteiger partial charge >= 0.3 is 0 Å².